The third-order valence-electron chi connectivity index (χ3n) is 2.54. The lowest BCUT2D eigenvalue weighted by Crippen LogP contribution is -2.36. The Hall–Kier alpha value is -0.0800. The molecule has 2 fully saturated rings. The highest BCUT2D eigenvalue weighted by Gasteiger charge is 2.41. The van der Waals surface area contributed by atoms with Crippen molar-refractivity contribution in [3.05, 3.63) is 0 Å². The molecule has 1 aliphatic heterocycles. The summed E-state index contributed by atoms with van der Waals surface area (Å²) in [5.41, 5.74) is 0.573. The van der Waals surface area contributed by atoms with Crippen LogP contribution in [0.5, 0.6) is 0 Å². The van der Waals surface area contributed by atoms with Crippen LogP contribution in [0.3, 0.4) is 0 Å². The van der Waals surface area contributed by atoms with Crippen LogP contribution in [0.1, 0.15) is 25.7 Å². The van der Waals surface area contributed by atoms with E-state index in [4.69, 9.17) is 4.74 Å². The van der Waals surface area contributed by atoms with Crippen molar-refractivity contribution in [3.8, 4) is 0 Å². The van der Waals surface area contributed by atoms with E-state index >= 15 is 0 Å². The number of hydrogen-bond donors (Lipinski definition) is 1. The molecule has 0 amide bonds. The first-order chi connectivity index (χ1) is 4.91. The van der Waals surface area contributed by atoms with Gasteiger partial charge in [-0.3, -0.25) is 0 Å². The summed E-state index contributed by atoms with van der Waals surface area (Å²) in [6, 6.07) is 0. The van der Waals surface area contributed by atoms with Crippen LogP contribution < -0.4 is 5.32 Å². The van der Waals surface area contributed by atoms with Crippen molar-refractivity contribution < 1.29 is 4.74 Å². The molecule has 0 radical (unpaired) electrons. The topological polar surface area (TPSA) is 21.3 Å². The lowest BCUT2D eigenvalue weighted by atomic mass is 10.1. The Morgan fingerprint density at radius 2 is 2.00 bits per heavy atom. The van der Waals surface area contributed by atoms with E-state index in [1.807, 2.05) is 0 Å². The highest BCUT2D eigenvalue weighted by atomic mass is 16.5. The van der Waals surface area contributed by atoms with Gasteiger partial charge in [-0.1, -0.05) is 0 Å². The van der Waals surface area contributed by atoms with Gasteiger partial charge in [0.2, 0.25) is 0 Å². The Balaban J connectivity index is 1.84. The molecule has 0 unspecified atom stereocenters. The second kappa shape index (κ2) is 2.51. The first kappa shape index (κ1) is 6.62. The van der Waals surface area contributed by atoms with E-state index < -0.39 is 0 Å². The van der Waals surface area contributed by atoms with Gasteiger partial charge in [0.05, 0.1) is 6.61 Å². The Morgan fingerprint density at radius 1 is 1.10 bits per heavy atom. The van der Waals surface area contributed by atoms with Crippen LogP contribution >= 0.6 is 0 Å². The SMILES string of the molecule is C1COCCNC2(C1)CC2. The molecule has 58 valence electrons. The predicted molar refractivity (Wildman–Crippen MR) is 40.0 cm³/mol. The van der Waals surface area contributed by atoms with Crippen LogP contribution in [0.25, 0.3) is 0 Å². The van der Waals surface area contributed by atoms with Crippen LogP contribution in [0.2, 0.25) is 0 Å². The molecule has 2 rings (SSSR count). The second-order valence-corrected chi connectivity index (χ2v) is 3.42. The Morgan fingerprint density at radius 3 is 2.80 bits per heavy atom. The summed E-state index contributed by atoms with van der Waals surface area (Å²) >= 11 is 0. The van der Waals surface area contributed by atoms with E-state index in [2.05, 4.69) is 5.32 Å². The zero-order valence-corrected chi connectivity index (χ0v) is 6.36. The van der Waals surface area contributed by atoms with E-state index in [0.29, 0.717) is 5.54 Å². The largest absolute Gasteiger partial charge is 0.380 e. The molecule has 1 aliphatic carbocycles. The lowest BCUT2D eigenvalue weighted by molar-refractivity contribution is 0.112. The molecule has 1 saturated heterocycles. The van der Waals surface area contributed by atoms with Crippen LogP contribution in [0.15, 0.2) is 0 Å². The van der Waals surface area contributed by atoms with E-state index in [1.165, 1.54) is 25.7 Å². The minimum Gasteiger partial charge on any atom is -0.380 e. The summed E-state index contributed by atoms with van der Waals surface area (Å²) < 4.78 is 5.33. The second-order valence-electron chi connectivity index (χ2n) is 3.42. The fourth-order valence-corrected chi connectivity index (χ4v) is 1.67. The van der Waals surface area contributed by atoms with Crippen molar-refractivity contribution in [1.29, 1.82) is 0 Å². The van der Waals surface area contributed by atoms with Crippen molar-refractivity contribution >= 4 is 0 Å². The Bertz CT molecular complexity index is 110. The Kier molecular flexibility index (Phi) is 1.66. The molecule has 1 spiro atoms. The zero-order valence-electron chi connectivity index (χ0n) is 6.36. The Labute approximate surface area is 61.9 Å². The maximum atomic E-state index is 5.33. The molecule has 0 atom stereocenters. The first-order valence-electron chi connectivity index (χ1n) is 4.24. The first-order valence-corrected chi connectivity index (χ1v) is 4.24. The molecule has 2 heteroatoms. The number of rotatable bonds is 0. The van der Waals surface area contributed by atoms with E-state index in [0.717, 1.165) is 19.8 Å². The molecule has 2 nitrogen and oxygen atoms in total. The van der Waals surface area contributed by atoms with E-state index in [-0.39, 0.29) is 0 Å². The molecule has 1 saturated carbocycles. The quantitative estimate of drug-likeness (QED) is 0.541. The molecule has 0 aromatic carbocycles. The highest BCUT2D eigenvalue weighted by molar-refractivity contribution is 5.01. The van der Waals surface area contributed by atoms with Gasteiger partial charge < -0.3 is 10.1 Å². The molecule has 0 bridgehead atoms. The molecule has 0 aromatic rings. The fourth-order valence-electron chi connectivity index (χ4n) is 1.67. The van der Waals surface area contributed by atoms with Crippen LogP contribution in [0, 0.1) is 0 Å². The van der Waals surface area contributed by atoms with E-state index in [1.54, 1.807) is 0 Å². The van der Waals surface area contributed by atoms with Crippen LogP contribution in [0.4, 0.5) is 0 Å². The summed E-state index contributed by atoms with van der Waals surface area (Å²) in [6.45, 7) is 2.94. The normalized spacial score (nSPS) is 31.2. The third kappa shape index (κ3) is 1.32. The highest BCUT2D eigenvalue weighted by Crippen LogP contribution is 2.39. The zero-order chi connectivity index (χ0) is 6.86. The monoisotopic (exact) mass is 141 g/mol. The fraction of sp³-hybridized carbons (Fsp3) is 1.00. The van der Waals surface area contributed by atoms with Crippen molar-refractivity contribution in [2.45, 2.75) is 31.2 Å². The molecule has 10 heavy (non-hydrogen) atoms. The van der Waals surface area contributed by atoms with Crippen LogP contribution in [-0.2, 0) is 4.74 Å². The molecular formula is C8H15NO. The maximum absolute atomic E-state index is 5.33. The van der Waals surface area contributed by atoms with Crippen molar-refractivity contribution in [2.75, 3.05) is 19.8 Å². The van der Waals surface area contributed by atoms with Gasteiger partial charge in [0.15, 0.2) is 0 Å². The van der Waals surface area contributed by atoms with Crippen molar-refractivity contribution in [3.63, 3.8) is 0 Å². The van der Waals surface area contributed by atoms with Gasteiger partial charge in [0, 0.05) is 18.7 Å². The summed E-state index contributed by atoms with van der Waals surface area (Å²) in [7, 11) is 0. The van der Waals surface area contributed by atoms with Crippen molar-refractivity contribution in [1.82, 2.24) is 5.32 Å². The smallest absolute Gasteiger partial charge is 0.0591 e. The van der Waals surface area contributed by atoms with Gasteiger partial charge in [-0.25, -0.2) is 0 Å². The average molecular weight is 141 g/mol. The van der Waals surface area contributed by atoms with Gasteiger partial charge >= 0.3 is 0 Å². The average Bonchev–Trinajstić information content (AvgIpc) is 2.61. The summed E-state index contributed by atoms with van der Waals surface area (Å²) in [6.07, 6.45) is 5.36. The van der Waals surface area contributed by atoms with Gasteiger partial charge in [-0.2, -0.15) is 0 Å². The number of hydrogen-bond acceptors (Lipinski definition) is 2. The number of nitrogens with one attached hydrogen (secondary N) is 1. The summed E-state index contributed by atoms with van der Waals surface area (Å²) in [4.78, 5) is 0. The molecule has 0 aromatic heterocycles. The van der Waals surface area contributed by atoms with Gasteiger partial charge in [0.25, 0.3) is 0 Å². The minimum absolute atomic E-state index is 0.573. The van der Waals surface area contributed by atoms with Gasteiger partial charge in [-0.05, 0) is 25.7 Å². The van der Waals surface area contributed by atoms with Gasteiger partial charge in [0.1, 0.15) is 0 Å². The van der Waals surface area contributed by atoms with Crippen LogP contribution in [-0.4, -0.2) is 25.3 Å². The number of ether oxygens (including phenoxy) is 1. The standard InChI is InChI=1S/C8H15NO/c1-2-8(3-4-8)9-5-7-10-6-1/h9H,1-7H2. The third-order valence-corrected chi connectivity index (χ3v) is 2.54. The molecule has 2 aliphatic rings. The summed E-state index contributed by atoms with van der Waals surface area (Å²) in [5.74, 6) is 0. The minimum atomic E-state index is 0.573. The lowest BCUT2D eigenvalue weighted by Gasteiger charge is -2.20. The maximum Gasteiger partial charge on any atom is 0.0591 e. The molecular weight excluding hydrogens is 126 g/mol. The van der Waals surface area contributed by atoms with E-state index in [9.17, 15) is 0 Å². The summed E-state index contributed by atoms with van der Waals surface area (Å²) in [5, 5.41) is 3.55. The predicted octanol–water partition coefficient (Wildman–Crippen LogP) is 0.919. The molecule has 1 heterocycles. The van der Waals surface area contributed by atoms with Crippen molar-refractivity contribution in [2.24, 2.45) is 0 Å². The van der Waals surface area contributed by atoms with Gasteiger partial charge in [-0.15, -0.1) is 0 Å². The molecule has 1 N–H and O–H groups in total.